The molecule has 0 heterocycles. The van der Waals surface area contributed by atoms with Crippen molar-refractivity contribution in [2.24, 2.45) is 0 Å². The summed E-state index contributed by atoms with van der Waals surface area (Å²) in [7, 11) is 0. The maximum atomic E-state index is 12.5. The molecule has 0 aliphatic heterocycles. The number of rotatable bonds is 46. The molecule has 0 saturated carbocycles. The van der Waals surface area contributed by atoms with E-state index in [0.29, 0.717) is 12.8 Å². The molecule has 0 aliphatic rings. The topological polar surface area (TPSA) is 89.8 Å². The summed E-state index contributed by atoms with van der Waals surface area (Å²) in [6.07, 6.45) is 55.1. The fourth-order valence-corrected chi connectivity index (χ4v) is 7.95. The molecule has 1 amide bonds. The Bertz CT molecular complexity index is 773. The molecule has 5 heteroatoms. The van der Waals surface area contributed by atoms with Crippen LogP contribution in [0.2, 0.25) is 0 Å². The minimum atomic E-state index is -1.08. The van der Waals surface area contributed by atoms with E-state index in [0.717, 1.165) is 32.1 Å². The lowest BCUT2D eigenvalue weighted by atomic mass is 10.0. The van der Waals surface area contributed by atoms with Crippen molar-refractivity contribution in [3.05, 3.63) is 12.2 Å². The fraction of sp³-hybridized carbons (Fsp3) is 0.940. The van der Waals surface area contributed by atoms with Gasteiger partial charge in [0.1, 0.15) is 6.10 Å². The molecule has 0 aromatic rings. The van der Waals surface area contributed by atoms with Crippen LogP contribution in [0.3, 0.4) is 0 Å². The highest BCUT2D eigenvalue weighted by Crippen LogP contribution is 2.17. The first-order valence-electron chi connectivity index (χ1n) is 25.0. The van der Waals surface area contributed by atoms with Crippen molar-refractivity contribution in [2.45, 2.75) is 295 Å². The van der Waals surface area contributed by atoms with E-state index in [1.165, 1.54) is 218 Å². The van der Waals surface area contributed by atoms with Crippen LogP contribution in [0.15, 0.2) is 12.2 Å². The van der Waals surface area contributed by atoms with Crippen LogP contribution < -0.4 is 5.32 Å². The summed E-state index contributed by atoms with van der Waals surface area (Å²) in [4.78, 5) is 12.5. The van der Waals surface area contributed by atoms with Gasteiger partial charge in [-0.1, -0.05) is 251 Å². The van der Waals surface area contributed by atoms with Crippen LogP contribution in [-0.2, 0) is 4.79 Å². The van der Waals surface area contributed by atoms with Crippen LogP contribution in [-0.4, -0.2) is 46.1 Å². The molecule has 0 aliphatic carbocycles. The van der Waals surface area contributed by atoms with Gasteiger partial charge in [0, 0.05) is 0 Å². The largest absolute Gasteiger partial charge is 0.394 e. The minimum Gasteiger partial charge on any atom is -0.394 e. The summed E-state index contributed by atoms with van der Waals surface area (Å²) in [5, 5.41) is 33.4. The quantitative estimate of drug-likeness (QED) is 0.0366. The van der Waals surface area contributed by atoms with Crippen molar-refractivity contribution in [3.8, 4) is 0 Å². The zero-order chi connectivity index (χ0) is 40.1. The number of hydrogen-bond acceptors (Lipinski definition) is 4. The average Bonchev–Trinajstić information content (AvgIpc) is 3.19. The lowest BCUT2D eigenvalue weighted by Gasteiger charge is -2.23. The number of aliphatic hydroxyl groups is 3. The lowest BCUT2D eigenvalue weighted by molar-refractivity contribution is -0.131. The van der Waals surface area contributed by atoms with Crippen LogP contribution in [0, 0.1) is 0 Å². The van der Waals surface area contributed by atoms with Gasteiger partial charge in [-0.3, -0.25) is 4.79 Å². The summed E-state index contributed by atoms with van der Waals surface area (Å²) >= 11 is 0. The molecule has 0 aromatic heterocycles. The Balaban J connectivity index is 3.57. The number of carbonyl (C=O) groups excluding carboxylic acids is 1. The molecule has 55 heavy (non-hydrogen) atoms. The molecule has 0 bridgehead atoms. The maximum Gasteiger partial charge on any atom is 0.249 e. The summed E-state index contributed by atoms with van der Waals surface area (Å²) < 4.78 is 0. The molecule has 328 valence electrons. The first-order valence-corrected chi connectivity index (χ1v) is 25.0. The second-order valence-corrected chi connectivity index (χ2v) is 17.4. The molecular formula is C50H99NO4. The third kappa shape index (κ3) is 41.1. The Morgan fingerprint density at radius 1 is 0.418 bits per heavy atom. The van der Waals surface area contributed by atoms with Gasteiger partial charge >= 0.3 is 0 Å². The van der Waals surface area contributed by atoms with Crippen molar-refractivity contribution in [1.29, 1.82) is 0 Å². The highest BCUT2D eigenvalue weighted by molar-refractivity contribution is 5.80. The van der Waals surface area contributed by atoms with Gasteiger partial charge < -0.3 is 20.6 Å². The molecule has 5 nitrogen and oxygen atoms in total. The van der Waals surface area contributed by atoms with Gasteiger partial charge in [-0.2, -0.15) is 0 Å². The van der Waals surface area contributed by atoms with Gasteiger partial charge in [0.05, 0.1) is 18.8 Å². The van der Waals surface area contributed by atoms with Crippen LogP contribution >= 0.6 is 0 Å². The van der Waals surface area contributed by atoms with Crippen LogP contribution in [0.4, 0.5) is 0 Å². The second-order valence-electron chi connectivity index (χ2n) is 17.4. The summed E-state index contributed by atoms with van der Waals surface area (Å²) in [6, 6.07) is -0.712. The molecule has 0 radical (unpaired) electrons. The van der Waals surface area contributed by atoms with Crippen molar-refractivity contribution >= 4 is 5.91 Å². The average molecular weight is 778 g/mol. The number of nitrogens with one attached hydrogen (secondary N) is 1. The summed E-state index contributed by atoms with van der Waals surface area (Å²) in [5.41, 5.74) is 0. The standard InChI is InChI=1S/C50H99NO4/c1-3-5-7-9-11-13-15-17-19-21-23-25-27-28-30-32-34-36-38-40-42-44-48(53)47(46-52)51-50(55)49(54)45-43-41-39-37-35-33-31-29-26-24-22-20-18-16-14-12-10-8-6-4-2/h26,29,47-49,52-54H,3-25,27-28,30-46H2,1-2H3,(H,51,55)/b29-26-. The van der Waals surface area contributed by atoms with Crippen molar-refractivity contribution in [2.75, 3.05) is 6.61 Å². The number of aliphatic hydroxyl groups excluding tert-OH is 3. The zero-order valence-corrected chi connectivity index (χ0v) is 37.3. The van der Waals surface area contributed by atoms with Crippen LogP contribution in [0.25, 0.3) is 0 Å². The second kappa shape index (κ2) is 45.8. The zero-order valence-electron chi connectivity index (χ0n) is 37.3. The smallest absolute Gasteiger partial charge is 0.249 e. The first kappa shape index (κ1) is 54.1. The number of carbonyl (C=O) groups is 1. The number of amides is 1. The minimum absolute atomic E-state index is 0.312. The van der Waals surface area contributed by atoms with Gasteiger partial charge in [-0.05, 0) is 38.5 Å². The molecule has 0 spiro atoms. The highest BCUT2D eigenvalue weighted by atomic mass is 16.3. The highest BCUT2D eigenvalue weighted by Gasteiger charge is 2.23. The first-order chi connectivity index (χ1) is 27.1. The fourth-order valence-electron chi connectivity index (χ4n) is 7.95. The molecule has 0 saturated heterocycles. The third-order valence-electron chi connectivity index (χ3n) is 11.9. The van der Waals surface area contributed by atoms with Gasteiger partial charge in [0.2, 0.25) is 5.91 Å². The van der Waals surface area contributed by atoms with E-state index < -0.39 is 24.2 Å². The Morgan fingerprint density at radius 3 is 1.00 bits per heavy atom. The Kier molecular flexibility index (Phi) is 45.0. The molecule has 0 fully saturated rings. The summed E-state index contributed by atoms with van der Waals surface area (Å²) in [6.45, 7) is 4.26. The normalized spacial score (nSPS) is 13.5. The molecule has 4 N–H and O–H groups in total. The predicted octanol–water partition coefficient (Wildman–Crippen LogP) is 14.8. The lowest BCUT2D eigenvalue weighted by Crippen LogP contribution is -2.49. The number of hydrogen-bond donors (Lipinski definition) is 4. The van der Waals surface area contributed by atoms with E-state index in [4.69, 9.17) is 0 Å². The van der Waals surface area contributed by atoms with Crippen molar-refractivity contribution in [3.63, 3.8) is 0 Å². The predicted molar refractivity (Wildman–Crippen MR) is 241 cm³/mol. The van der Waals surface area contributed by atoms with Gasteiger partial charge in [-0.25, -0.2) is 0 Å². The Hall–Kier alpha value is -0.910. The molecule has 0 aromatic carbocycles. The monoisotopic (exact) mass is 778 g/mol. The van der Waals surface area contributed by atoms with E-state index in [9.17, 15) is 20.1 Å². The maximum absolute atomic E-state index is 12.5. The Labute approximate surface area is 344 Å². The molecule has 3 atom stereocenters. The van der Waals surface area contributed by atoms with Gasteiger partial charge in [0.25, 0.3) is 0 Å². The van der Waals surface area contributed by atoms with E-state index >= 15 is 0 Å². The molecule has 3 unspecified atom stereocenters. The molecular weight excluding hydrogens is 679 g/mol. The van der Waals surface area contributed by atoms with E-state index in [-0.39, 0.29) is 6.61 Å². The number of allylic oxidation sites excluding steroid dienone is 2. The van der Waals surface area contributed by atoms with E-state index in [1.807, 2.05) is 0 Å². The van der Waals surface area contributed by atoms with Gasteiger partial charge in [0.15, 0.2) is 0 Å². The van der Waals surface area contributed by atoms with Crippen molar-refractivity contribution in [1.82, 2.24) is 5.32 Å². The Morgan fingerprint density at radius 2 is 0.691 bits per heavy atom. The van der Waals surface area contributed by atoms with E-state index in [2.05, 4.69) is 31.3 Å². The van der Waals surface area contributed by atoms with Crippen LogP contribution in [0.5, 0.6) is 0 Å². The SMILES string of the molecule is CCCCCCCCCCCC/C=C\CCCCCCCCC(O)C(=O)NC(CO)C(O)CCCCCCCCCCCCCCCCCCCCCCC. The third-order valence-corrected chi connectivity index (χ3v) is 11.9. The molecule has 0 rings (SSSR count). The van der Waals surface area contributed by atoms with Crippen LogP contribution in [0.1, 0.15) is 277 Å². The summed E-state index contributed by atoms with van der Waals surface area (Å²) in [5.74, 6) is -0.471. The van der Waals surface area contributed by atoms with Crippen molar-refractivity contribution < 1.29 is 20.1 Å². The number of unbranched alkanes of at least 4 members (excludes halogenated alkanes) is 36. The van der Waals surface area contributed by atoms with E-state index in [1.54, 1.807) is 0 Å². The van der Waals surface area contributed by atoms with Gasteiger partial charge in [-0.15, -0.1) is 0 Å².